The number of piperidine rings is 1. The first-order valence-electron chi connectivity index (χ1n) is 5.97. The van der Waals surface area contributed by atoms with Crippen molar-refractivity contribution in [2.75, 3.05) is 13.1 Å². The van der Waals surface area contributed by atoms with Gasteiger partial charge >= 0.3 is 0 Å². The van der Waals surface area contributed by atoms with E-state index >= 15 is 0 Å². The first-order chi connectivity index (χ1) is 8.60. The normalized spacial score (nSPS) is 23.5. The van der Waals surface area contributed by atoms with Gasteiger partial charge in [0.25, 0.3) is 0 Å². The van der Waals surface area contributed by atoms with Crippen molar-refractivity contribution in [3.8, 4) is 0 Å². The highest BCUT2D eigenvalue weighted by Gasteiger charge is 2.23. The van der Waals surface area contributed by atoms with Crippen molar-refractivity contribution in [2.24, 2.45) is 11.1 Å². The molecule has 1 fully saturated rings. The molecule has 0 aromatic heterocycles. The lowest BCUT2D eigenvalue weighted by molar-refractivity contribution is 0.226. The summed E-state index contributed by atoms with van der Waals surface area (Å²) in [6.45, 7) is 4.14. The van der Waals surface area contributed by atoms with Crippen LogP contribution in [0.25, 0.3) is 0 Å². The largest absolute Gasteiger partial charge is 0.411 e. The lowest BCUT2D eigenvalue weighted by atomic mass is 9.97. The number of halogens is 2. The fraction of sp³-hybridized carbons (Fsp3) is 0.462. The van der Waals surface area contributed by atoms with E-state index in [1.54, 1.807) is 12.1 Å². The van der Waals surface area contributed by atoms with E-state index in [4.69, 9.17) is 16.8 Å². The molecule has 0 saturated carbocycles. The first kappa shape index (κ1) is 13.3. The van der Waals surface area contributed by atoms with E-state index in [9.17, 15) is 4.39 Å². The van der Waals surface area contributed by atoms with Crippen LogP contribution in [-0.2, 0) is 6.54 Å². The van der Waals surface area contributed by atoms with Gasteiger partial charge in [0.15, 0.2) is 0 Å². The van der Waals surface area contributed by atoms with Gasteiger partial charge < -0.3 is 5.21 Å². The minimum absolute atomic E-state index is 0.208. The van der Waals surface area contributed by atoms with Gasteiger partial charge in [0, 0.05) is 42.6 Å². The number of hydrogen-bond donors (Lipinski definition) is 1. The molecule has 1 N–H and O–H groups in total. The molecule has 1 unspecified atom stereocenters. The SMILES string of the molecule is CC1CN(Cc2ccc(Cl)cc2F)CC/C1=N\O. The molecule has 1 heterocycles. The second kappa shape index (κ2) is 5.67. The molecule has 0 amide bonds. The number of likely N-dealkylation sites (tertiary alicyclic amines) is 1. The van der Waals surface area contributed by atoms with Gasteiger partial charge in [0.05, 0.1) is 5.71 Å². The summed E-state index contributed by atoms with van der Waals surface area (Å²) in [5.74, 6) is -0.0594. The summed E-state index contributed by atoms with van der Waals surface area (Å²) in [4.78, 5) is 2.16. The summed E-state index contributed by atoms with van der Waals surface area (Å²) in [6, 6.07) is 4.76. The summed E-state index contributed by atoms with van der Waals surface area (Å²) in [5, 5.41) is 12.5. The van der Waals surface area contributed by atoms with Crippen LogP contribution in [0, 0.1) is 11.7 Å². The third kappa shape index (κ3) is 3.00. The third-order valence-electron chi connectivity index (χ3n) is 3.32. The minimum Gasteiger partial charge on any atom is -0.411 e. The summed E-state index contributed by atoms with van der Waals surface area (Å²) >= 11 is 5.72. The maximum atomic E-state index is 13.7. The smallest absolute Gasteiger partial charge is 0.129 e. The van der Waals surface area contributed by atoms with E-state index < -0.39 is 0 Å². The average molecular weight is 271 g/mol. The van der Waals surface area contributed by atoms with Gasteiger partial charge in [-0.05, 0) is 12.1 Å². The molecule has 18 heavy (non-hydrogen) atoms. The maximum Gasteiger partial charge on any atom is 0.129 e. The molecule has 5 heteroatoms. The predicted octanol–water partition coefficient (Wildman–Crippen LogP) is 3.15. The molecule has 98 valence electrons. The Kier molecular flexibility index (Phi) is 4.19. The average Bonchev–Trinajstić information content (AvgIpc) is 2.33. The van der Waals surface area contributed by atoms with Gasteiger partial charge in [-0.2, -0.15) is 0 Å². The highest BCUT2D eigenvalue weighted by atomic mass is 35.5. The molecule has 3 nitrogen and oxygen atoms in total. The predicted molar refractivity (Wildman–Crippen MR) is 69.7 cm³/mol. The Balaban J connectivity index is 2.02. The number of hydrogen-bond acceptors (Lipinski definition) is 3. The Hall–Kier alpha value is -1.13. The topological polar surface area (TPSA) is 35.8 Å². The van der Waals surface area contributed by atoms with Crippen LogP contribution >= 0.6 is 11.6 Å². The van der Waals surface area contributed by atoms with Crippen LogP contribution in [0.15, 0.2) is 23.4 Å². The highest BCUT2D eigenvalue weighted by Crippen LogP contribution is 2.20. The Morgan fingerprint density at radius 1 is 1.56 bits per heavy atom. The van der Waals surface area contributed by atoms with E-state index in [0.29, 0.717) is 17.1 Å². The van der Waals surface area contributed by atoms with Crippen LogP contribution in [0.1, 0.15) is 18.9 Å². The van der Waals surface area contributed by atoms with E-state index in [0.717, 1.165) is 25.2 Å². The second-order valence-electron chi connectivity index (χ2n) is 4.71. The molecule has 2 rings (SSSR count). The van der Waals surface area contributed by atoms with E-state index in [-0.39, 0.29) is 11.7 Å². The van der Waals surface area contributed by atoms with E-state index in [1.165, 1.54) is 6.07 Å². The maximum absolute atomic E-state index is 13.7. The fourth-order valence-corrected chi connectivity index (χ4v) is 2.44. The summed E-state index contributed by atoms with van der Waals surface area (Å²) in [5.41, 5.74) is 1.47. The molecule has 0 spiro atoms. The Morgan fingerprint density at radius 2 is 2.33 bits per heavy atom. The first-order valence-corrected chi connectivity index (χ1v) is 6.35. The second-order valence-corrected chi connectivity index (χ2v) is 5.15. The number of rotatable bonds is 2. The van der Waals surface area contributed by atoms with Crippen LogP contribution in [0.2, 0.25) is 5.02 Å². The zero-order valence-electron chi connectivity index (χ0n) is 10.2. The van der Waals surface area contributed by atoms with Gasteiger partial charge in [-0.1, -0.05) is 29.7 Å². The van der Waals surface area contributed by atoms with Gasteiger partial charge in [-0.3, -0.25) is 4.90 Å². The molecule has 0 radical (unpaired) electrons. The van der Waals surface area contributed by atoms with Gasteiger partial charge in [0.1, 0.15) is 5.82 Å². The molecule has 1 saturated heterocycles. The fourth-order valence-electron chi connectivity index (χ4n) is 2.29. The number of oxime groups is 1. The van der Waals surface area contributed by atoms with Crippen LogP contribution in [0.3, 0.4) is 0 Å². The van der Waals surface area contributed by atoms with Gasteiger partial charge in [0.2, 0.25) is 0 Å². The highest BCUT2D eigenvalue weighted by molar-refractivity contribution is 6.30. The molecule has 1 aromatic rings. The quantitative estimate of drug-likeness (QED) is 0.662. The van der Waals surface area contributed by atoms with Crippen molar-refractivity contribution in [1.29, 1.82) is 0 Å². The van der Waals surface area contributed by atoms with Crippen molar-refractivity contribution in [3.05, 3.63) is 34.6 Å². The molecule has 1 aromatic carbocycles. The zero-order chi connectivity index (χ0) is 13.1. The van der Waals surface area contributed by atoms with Crippen molar-refractivity contribution in [1.82, 2.24) is 4.90 Å². The van der Waals surface area contributed by atoms with E-state index in [2.05, 4.69) is 10.1 Å². The van der Waals surface area contributed by atoms with Crippen molar-refractivity contribution in [3.63, 3.8) is 0 Å². The van der Waals surface area contributed by atoms with Crippen molar-refractivity contribution < 1.29 is 9.60 Å². The van der Waals surface area contributed by atoms with Crippen molar-refractivity contribution >= 4 is 17.3 Å². The van der Waals surface area contributed by atoms with E-state index in [1.807, 2.05) is 6.92 Å². The monoisotopic (exact) mass is 270 g/mol. The summed E-state index contributed by atoms with van der Waals surface area (Å²) in [6.07, 6.45) is 0.729. The molecule has 1 atom stereocenters. The standard InChI is InChI=1S/C13H16ClFN2O/c1-9-7-17(5-4-13(9)16-18)8-10-2-3-11(14)6-12(10)15/h2-3,6,9,18H,4-5,7-8H2,1H3/b16-13+. The molecule has 0 aliphatic carbocycles. The zero-order valence-corrected chi connectivity index (χ0v) is 11.0. The Bertz CT molecular complexity index is 464. The van der Waals surface area contributed by atoms with Gasteiger partial charge in [-0.25, -0.2) is 4.39 Å². The van der Waals surface area contributed by atoms with Crippen LogP contribution in [0.4, 0.5) is 4.39 Å². The molecular formula is C13H16ClFN2O. The summed E-state index contributed by atoms with van der Waals surface area (Å²) < 4.78 is 13.7. The third-order valence-corrected chi connectivity index (χ3v) is 3.56. The number of benzene rings is 1. The molecular weight excluding hydrogens is 255 g/mol. The summed E-state index contributed by atoms with van der Waals surface area (Å²) in [7, 11) is 0. The Labute approximate surface area is 111 Å². The Morgan fingerprint density at radius 3 is 2.94 bits per heavy atom. The van der Waals surface area contributed by atoms with Crippen LogP contribution in [0.5, 0.6) is 0 Å². The lowest BCUT2D eigenvalue weighted by Crippen LogP contribution is -2.39. The minimum atomic E-state index is -0.267. The number of nitrogens with zero attached hydrogens (tertiary/aromatic N) is 2. The molecule has 1 aliphatic heterocycles. The lowest BCUT2D eigenvalue weighted by Gasteiger charge is -2.31. The van der Waals surface area contributed by atoms with Crippen LogP contribution in [-0.4, -0.2) is 28.9 Å². The van der Waals surface area contributed by atoms with Gasteiger partial charge in [-0.15, -0.1) is 0 Å². The molecule has 0 bridgehead atoms. The van der Waals surface area contributed by atoms with Crippen LogP contribution < -0.4 is 0 Å². The van der Waals surface area contributed by atoms with Crippen molar-refractivity contribution in [2.45, 2.75) is 19.9 Å². The molecule has 1 aliphatic rings.